The van der Waals surface area contributed by atoms with E-state index in [4.69, 9.17) is 4.74 Å². The molecule has 1 aliphatic heterocycles. The van der Waals surface area contributed by atoms with Gasteiger partial charge < -0.3 is 15.0 Å². The lowest BCUT2D eigenvalue weighted by Crippen LogP contribution is -2.49. The van der Waals surface area contributed by atoms with E-state index in [1.54, 1.807) is 6.20 Å². The van der Waals surface area contributed by atoms with Crippen LogP contribution in [-0.2, 0) is 4.74 Å². The Labute approximate surface area is 138 Å². The van der Waals surface area contributed by atoms with Gasteiger partial charge in [-0.25, -0.2) is 0 Å². The number of aromatic nitrogens is 2. The lowest BCUT2D eigenvalue weighted by Gasteiger charge is -2.35. The van der Waals surface area contributed by atoms with Crippen LogP contribution in [-0.4, -0.2) is 48.6 Å². The summed E-state index contributed by atoms with van der Waals surface area (Å²) in [5.74, 6) is 2.79. The Balaban J connectivity index is 1.30. The molecule has 5 atom stereocenters. The zero-order valence-corrected chi connectivity index (χ0v) is 14.0. The maximum atomic E-state index is 5.56. The highest BCUT2D eigenvalue weighted by Crippen LogP contribution is 2.45. The molecule has 2 heterocycles. The van der Waals surface area contributed by atoms with E-state index < -0.39 is 0 Å². The summed E-state index contributed by atoms with van der Waals surface area (Å²) in [6, 6.07) is 5.34. The molecule has 0 bridgehead atoms. The molecule has 126 valence electrons. The van der Waals surface area contributed by atoms with Crippen molar-refractivity contribution in [2.24, 2.45) is 11.8 Å². The van der Waals surface area contributed by atoms with Gasteiger partial charge in [0.05, 0.1) is 6.10 Å². The highest BCUT2D eigenvalue weighted by atomic mass is 16.5. The summed E-state index contributed by atoms with van der Waals surface area (Å²) < 4.78 is 5.56. The molecule has 3 aliphatic rings. The van der Waals surface area contributed by atoms with Gasteiger partial charge in [0, 0.05) is 38.5 Å². The monoisotopic (exact) mass is 316 g/mol. The zero-order chi connectivity index (χ0) is 15.6. The molecular formula is C18H28N4O. The van der Waals surface area contributed by atoms with Gasteiger partial charge in [-0.05, 0) is 62.5 Å². The Kier molecular flexibility index (Phi) is 4.49. The molecule has 3 unspecified atom stereocenters. The van der Waals surface area contributed by atoms with Crippen molar-refractivity contribution in [1.82, 2.24) is 15.5 Å². The third kappa shape index (κ3) is 3.36. The van der Waals surface area contributed by atoms with Crippen LogP contribution >= 0.6 is 0 Å². The predicted octanol–water partition coefficient (Wildman–Crippen LogP) is 2.24. The molecule has 23 heavy (non-hydrogen) atoms. The maximum Gasteiger partial charge on any atom is 0.151 e. The topological polar surface area (TPSA) is 50.3 Å². The van der Waals surface area contributed by atoms with Crippen molar-refractivity contribution in [2.75, 3.05) is 25.1 Å². The van der Waals surface area contributed by atoms with E-state index in [1.807, 2.05) is 13.2 Å². The largest absolute Gasteiger partial charge is 0.381 e. The Morgan fingerprint density at radius 1 is 1.17 bits per heavy atom. The van der Waals surface area contributed by atoms with Crippen LogP contribution in [0.4, 0.5) is 5.82 Å². The van der Waals surface area contributed by atoms with Crippen molar-refractivity contribution in [1.29, 1.82) is 0 Å². The van der Waals surface area contributed by atoms with Crippen LogP contribution in [0, 0.1) is 11.8 Å². The molecule has 4 rings (SSSR count). The molecule has 1 N–H and O–H groups in total. The molecule has 2 saturated carbocycles. The highest BCUT2D eigenvalue weighted by Gasteiger charge is 2.42. The van der Waals surface area contributed by atoms with Crippen molar-refractivity contribution in [3.8, 4) is 0 Å². The quantitative estimate of drug-likeness (QED) is 0.923. The van der Waals surface area contributed by atoms with Crippen molar-refractivity contribution in [2.45, 2.75) is 56.7 Å². The molecule has 0 aromatic carbocycles. The fourth-order valence-corrected chi connectivity index (χ4v) is 5.01. The minimum absolute atomic E-state index is 0.521. The van der Waals surface area contributed by atoms with E-state index in [-0.39, 0.29) is 0 Å². The van der Waals surface area contributed by atoms with E-state index in [0.717, 1.165) is 30.7 Å². The number of nitrogens with zero attached hydrogens (tertiary/aromatic N) is 3. The lowest BCUT2D eigenvalue weighted by atomic mass is 10.0. The van der Waals surface area contributed by atoms with Gasteiger partial charge in [-0.15, -0.1) is 5.10 Å². The van der Waals surface area contributed by atoms with Crippen LogP contribution in [0.2, 0.25) is 0 Å². The van der Waals surface area contributed by atoms with E-state index in [2.05, 4.69) is 26.5 Å². The average Bonchev–Trinajstić information content (AvgIpc) is 3.14. The normalized spacial score (nSPS) is 37.1. The molecule has 0 amide bonds. The Morgan fingerprint density at radius 2 is 2.00 bits per heavy atom. The summed E-state index contributed by atoms with van der Waals surface area (Å²) in [5.41, 5.74) is 0. The number of hydrogen-bond donors (Lipinski definition) is 1. The third-order valence-electron chi connectivity index (χ3n) is 6.08. The van der Waals surface area contributed by atoms with E-state index in [0.29, 0.717) is 18.2 Å². The number of fused-ring (bicyclic) bond motifs is 1. The van der Waals surface area contributed by atoms with Crippen LogP contribution in [0.15, 0.2) is 18.3 Å². The lowest BCUT2D eigenvalue weighted by molar-refractivity contribution is 0.0999. The summed E-state index contributed by atoms with van der Waals surface area (Å²) >= 11 is 0. The second-order valence-corrected chi connectivity index (χ2v) is 7.55. The molecule has 1 saturated heterocycles. The Morgan fingerprint density at radius 3 is 2.70 bits per heavy atom. The summed E-state index contributed by atoms with van der Waals surface area (Å²) in [6.45, 7) is 2.16. The first-order valence-corrected chi connectivity index (χ1v) is 9.13. The first-order valence-electron chi connectivity index (χ1n) is 9.13. The predicted molar refractivity (Wildman–Crippen MR) is 90.4 cm³/mol. The number of hydrogen-bond acceptors (Lipinski definition) is 5. The molecule has 1 aromatic heterocycles. The average molecular weight is 316 g/mol. The number of ether oxygens (including phenoxy) is 1. The molecule has 2 aliphatic carbocycles. The van der Waals surface area contributed by atoms with Gasteiger partial charge in [-0.2, -0.15) is 5.10 Å². The zero-order valence-electron chi connectivity index (χ0n) is 14.0. The van der Waals surface area contributed by atoms with Gasteiger partial charge in [0.1, 0.15) is 0 Å². The first-order chi connectivity index (χ1) is 11.3. The molecule has 3 fully saturated rings. The number of methoxy groups -OCH3 is 1. The molecule has 5 heteroatoms. The minimum atomic E-state index is 0.521. The van der Waals surface area contributed by atoms with Crippen LogP contribution in [0.3, 0.4) is 0 Å². The summed E-state index contributed by atoms with van der Waals surface area (Å²) in [6.07, 6.45) is 10.0. The molecule has 0 radical (unpaired) electrons. The standard InChI is InChI=1S/C18H28N4O/c1-23-17-10-13-8-16(9-14(13)11-17)20-15-4-3-7-22(12-15)18-5-2-6-19-21-18/h2,5-6,13-17,20H,3-4,7-12H2,1H3/t13-,14+,15?,16?,17?. The molecular weight excluding hydrogens is 288 g/mol. The smallest absolute Gasteiger partial charge is 0.151 e. The van der Waals surface area contributed by atoms with E-state index >= 15 is 0 Å². The maximum absolute atomic E-state index is 5.56. The summed E-state index contributed by atoms with van der Waals surface area (Å²) in [7, 11) is 1.87. The van der Waals surface area contributed by atoms with Gasteiger partial charge in [0.2, 0.25) is 0 Å². The van der Waals surface area contributed by atoms with Gasteiger partial charge in [-0.1, -0.05) is 0 Å². The molecule has 1 aromatic rings. The second-order valence-electron chi connectivity index (χ2n) is 7.55. The highest BCUT2D eigenvalue weighted by molar-refractivity contribution is 5.37. The van der Waals surface area contributed by atoms with Crippen LogP contribution in [0.25, 0.3) is 0 Å². The second kappa shape index (κ2) is 6.73. The fraction of sp³-hybridized carbons (Fsp3) is 0.778. The molecule has 0 spiro atoms. The fourth-order valence-electron chi connectivity index (χ4n) is 5.01. The van der Waals surface area contributed by atoms with E-state index in [1.165, 1.54) is 38.5 Å². The first kappa shape index (κ1) is 15.3. The Bertz CT molecular complexity index is 497. The van der Waals surface area contributed by atoms with Gasteiger partial charge in [0.25, 0.3) is 0 Å². The van der Waals surface area contributed by atoms with E-state index in [9.17, 15) is 0 Å². The van der Waals surface area contributed by atoms with Crippen LogP contribution in [0.1, 0.15) is 38.5 Å². The number of nitrogens with one attached hydrogen (secondary N) is 1. The minimum Gasteiger partial charge on any atom is -0.381 e. The summed E-state index contributed by atoms with van der Waals surface area (Å²) in [4.78, 5) is 2.38. The van der Waals surface area contributed by atoms with Gasteiger partial charge in [0.15, 0.2) is 5.82 Å². The van der Waals surface area contributed by atoms with Crippen LogP contribution in [0.5, 0.6) is 0 Å². The van der Waals surface area contributed by atoms with Crippen molar-refractivity contribution >= 4 is 5.82 Å². The van der Waals surface area contributed by atoms with Crippen LogP contribution < -0.4 is 10.2 Å². The van der Waals surface area contributed by atoms with Gasteiger partial charge in [-0.3, -0.25) is 0 Å². The van der Waals surface area contributed by atoms with Crippen molar-refractivity contribution in [3.63, 3.8) is 0 Å². The summed E-state index contributed by atoms with van der Waals surface area (Å²) in [5, 5.41) is 12.2. The number of piperidine rings is 1. The third-order valence-corrected chi connectivity index (χ3v) is 6.08. The van der Waals surface area contributed by atoms with Gasteiger partial charge >= 0.3 is 0 Å². The number of rotatable bonds is 4. The van der Waals surface area contributed by atoms with Crippen molar-refractivity contribution in [3.05, 3.63) is 18.3 Å². The van der Waals surface area contributed by atoms with Crippen molar-refractivity contribution < 1.29 is 4.74 Å². The number of anilines is 1. The molecule has 5 nitrogen and oxygen atoms in total. The SMILES string of the molecule is COC1C[C@H]2CC(NC3CCCN(c4cccnn4)C3)C[C@H]2C1. The Hall–Kier alpha value is -1.20.